The number of hydrogen-bond donors (Lipinski definition) is 4. The van der Waals surface area contributed by atoms with Crippen molar-refractivity contribution in [1.82, 2.24) is 19.9 Å². The number of H-pyrrole nitrogens is 2. The minimum absolute atomic E-state index is 0.0341. The number of para-hydroxylation sites is 1. The van der Waals surface area contributed by atoms with Crippen LogP contribution in [0.2, 0.25) is 0 Å². The molecule has 1 aliphatic rings. The van der Waals surface area contributed by atoms with Crippen LogP contribution in [-0.4, -0.2) is 45.9 Å². The van der Waals surface area contributed by atoms with Crippen molar-refractivity contribution in [2.75, 3.05) is 13.2 Å². The van der Waals surface area contributed by atoms with Gasteiger partial charge >= 0.3 is 11.8 Å². The lowest BCUT2D eigenvalue weighted by atomic mass is 10.1. The molecule has 0 spiro atoms. The zero-order valence-electron chi connectivity index (χ0n) is 17.1. The third-order valence-electron chi connectivity index (χ3n) is 5.46. The highest BCUT2D eigenvalue weighted by molar-refractivity contribution is 5.83. The van der Waals surface area contributed by atoms with Crippen LogP contribution in [0.15, 0.2) is 46.2 Å². The Morgan fingerprint density at radius 1 is 1.35 bits per heavy atom. The molecule has 0 bridgehead atoms. The predicted octanol–water partition coefficient (Wildman–Crippen LogP) is 0.910. The van der Waals surface area contributed by atoms with E-state index >= 15 is 0 Å². The quantitative estimate of drug-likeness (QED) is 0.460. The zero-order chi connectivity index (χ0) is 22.0. The van der Waals surface area contributed by atoms with E-state index in [0.29, 0.717) is 24.9 Å². The first-order valence-corrected chi connectivity index (χ1v) is 10.1. The highest BCUT2D eigenvalue weighted by Crippen LogP contribution is 2.26. The SMILES string of the molecule is Cc1cn([C@H]2C[C@H](N)[C@@H](COC(=O)NCCc3c[nH]c4ccccc34)O2)c(=O)[nH]c1=O. The predicted molar refractivity (Wildman–Crippen MR) is 114 cm³/mol. The number of aromatic amines is 2. The van der Waals surface area contributed by atoms with Crippen LogP contribution < -0.4 is 22.3 Å². The monoisotopic (exact) mass is 427 g/mol. The topological polar surface area (TPSA) is 144 Å². The second-order valence-corrected chi connectivity index (χ2v) is 7.64. The fourth-order valence-electron chi connectivity index (χ4n) is 3.73. The first-order chi connectivity index (χ1) is 14.9. The second kappa shape index (κ2) is 8.78. The molecule has 164 valence electrons. The molecule has 31 heavy (non-hydrogen) atoms. The molecular formula is C21H25N5O5. The van der Waals surface area contributed by atoms with Gasteiger partial charge in [-0.15, -0.1) is 0 Å². The van der Waals surface area contributed by atoms with Gasteiger partial charge in [-0.05, 0) is 25.0 Å². The number of carbonyl (C=O) groups is 1. The molecule has 10 nitrogen and oxygen atoms in total. The average Bonchev–Trinajstić information content (AvgIpc) is 3.32. The van der Waals surface area contributed by atoms with E-state index in [9.17, 15) is 14.4 Å². The van der Waals surface area contributed by atoms with E-state index in [2.05, 4.69) is 15.3 Å². The molecule has 0 saturated carbocycles. The Balaban J connectivity index is 1.26. The van der Waals surface area contributed by atoms with Crippen LogP contribution in [-0.2, 0) is 15.9 Å². The molecule has 4 rings (SSSR count). The second-order valence-electron chi connectivity index (χ2n) is 7.64. The summed E-state index contributed by atoms with van der Waals surface area (Å²) >= 11 is 0. The number of ether oxygens (including phenoxy) is 2. The fraction of sp³-hybridized carbons (Fsp3) is 0.381. The molecule has 0 unspecified atom stereocenters. The van der Waals surface area contributed by atoms with Gasteiger partial charge < -0.3 is 25.5 Å². The van der Waals surface area contributed by atoms with Gasteiger partial charge in [-0.3, -0.25) is 14.3 Å². The summed E-state index contributed by atoms with van der Waals surface area (Å²) < 4.78 is 12.4. The van der Waals surface area contributed by atoms with Gasteiger partial charge in [0.2, 0.25) is 0 Å². The fourth-order valence-corrected chi connectivity index (χ4v) is 3.73. The smallest absolute Gasteiger partial charge is 0.407 e. The number of fused-ring (bicyclic) bond motifs is 1. The van der Waals surface area contributed by atoms with Crippen LogP contribution >= 0.6 is 0 Å². The number of hydrogen-bond acceptors (Lipinski definition) is 6. The molecule has 2 aromatic heterocycles. The van der Waals surface area contributed by atoms with Gasteiger partial charge in [0.25, 0.3) is 5.56 Å². The summed E-state index contributed by atoms with van der Waals surface area (Å²) in [6.45, 7) is 1.99. The normalized spacial score (nSPS) is 20.8. The number of nitrogens with two attached hydrogens (primary N) is 1. The maximum atomic E-state index is 12.1. The van der Waals surface area contributed by atoms with Crippen molar-refractivity contribution in [3.63, 3.8) is 0 Å². The Hall–Kier alpha value is -3.37. The van der Waals surface area contributed by atoms with E-state index in [4.69, 9.17) is 15.2 Å². The lowest BCUT2D eigenvalue weighted by Crippen LogP contribution is -2.36. The number of benzene rings is 1. The Kier molecular flexibility index (Phi) is 5.92. The average molecular weight is 427 g/mol. The Morgan fingerprint density at radius 2 is 2.16 bits per heavy atom. The summed E-state index contributed by atoms with van der Waals surface area (Å²) in [5.74, 6) is 0. The number of nitrogens with zero attached hydrogens (tertiary/aromatic N) is 1. The molecule has 1 fully saturated rings. The van der Waals surface area contributed by atoms with Gasteiger partial charge in [0.15, 0.2) is 0 Å². The Labute approximate surface area is 177 Å². The highest BCUT2D eigenvalue weighted by Gasteiger charge is 2.35. The van der Waals surface area contributed by atoms with E-state index in [1.165, 1.54) is 10.8 Å². The van der Waals surface area contributed by atoms with Gasteiger partial charge in [0.05, 0.1) is 0 Å². The number of aromatic nitrogens is 3. The molecule has 1 saturated heterocycles. The third-order valence-corrected chi connectivity index (χ3v) is 5.46. The van der Waals surface area contributed by atoms with Gasteiger partial charge in [-0.2, -0.15) is 0 Å². The molecule has 1 aromatic carbocycles. The number of carbonyl (C=O) groups excluding carboxylic acids is 1. The largest absolute Gasteiger partial charge is 0.447 e. The maximum Gasteiger partial charge on any atom is 0.407 e. The number of aryl methyl sites for hydroxylation is 1. The van der Waals surface area contributed by atoms with Crippen molar-refractivity contribution < 1.29 is 14.3 Å². The molecule has 5 N–H and O–H groups in total. The number of nitrogens with one attached hydrogen (secondary N) is 3. The van der Waals surface area contributed by atoms with Crippen molar-refractivity contribution in [2.24, 2.45) is 5.73 Å². The van der Waals surface area contributed by atoms with E-state index in [-0.39, 0.29) is 6.61 Å². The van der Waals surface area contributed by atoms with Crippen LogP contribution in [0.25, 0.3) is 10.9 Å². The summed E-state index contributed by atoms with van der Waals surface area (Å²) in [5, 5.41) is 3.85. The minimum Gasteiger partial charge on any atom is -0.447 e. The first-order valence-electron chi connectivity index (χ1n) is 10.1. The molecule has 3 heterocycles. The van der Waals surface area contributed by atoms with Crippen molar-refractivity contribution in [3.05, 3.63) is 68.6 Å². The highest BCUT2D eigenvalue weighted by atomic mass is 16.6. The summed E-state index contributed by atoms with van der Waals surface area (Å²) in [6.07, 6.45) is 2.66. The van der Waals surface area contributed by atoms with Gasteiger partial charge in [0.1, 0.15) is 18.9 Å². The van der Waals surface area contributed by atoms with E-state index in [0.717, 1.165) is 16.5 Å². The standard InChI is InChI=1S/C21H25N5O5/c1-12-10-26(20(28)25-19(12)27)18-8-15(22)17(31-18)11-30-21(29)23-7-6-13-9-24-16-5-3-2-4-14(13)16/h2-5,9-10,15,17-18,24H,6-8,11,22H2,1H3,(H,23,29)(H,25,27,28)/t15-,17+,18+/m0/s1. The first kappa shape index (κ1) is 20.9. The van der Waals surface area contributed by atoms with Crippen LogP contribution in [0.3, 0.4) is 0 Å². The van der Waals surface area contributed by atoms with Crippen LogP contribution in [0.1, 0.15) is 23.8 Å². The summed E-state index contributed by atoms with van der Waals surface area (Å²) in [4.78, 5) is 41.1. The molecule has 3 aromatic rings. The van der Waals surface area contributed by atoms with Gasteiger partial charge in [-0.1, -0.05) is 18.2 Å². The van der Waals surface area contributed by atoms with E-state index in [1.807, 2.05) is 30.5 Å². The lowest BCUT2D eigenvalue weighted by molar-refractivity contribution is -0.0307. The lowest BCUT2D eigenvalue weighted by Gasteiger charge is -2.17. The molecule has 0 aliphatic carbocycles. The van der Waals surface area contributed by atoms with Crippen molar-refractivity contribution in [3.8, 4) is 0 Å². The minimum atomic E-state index is -0.628. The van der Waals surface area contributed by atoms with E-state index < -0.39 is 35.7 Å². The summed E-state index contributed by atoms with van der Waals surface area (Å²) in [6, 6.07) is 7.56. The zero-order valence-corrected chi connectivity index (χ0v) is 17.1. The molecule has 3 atom stereocenters. The Morgan fingerprint density at radius 3 is 3.00 bits per heavy atom. The van der Waals surface area contributed by atoms with Crippen LogP contribution in [0.5, 0.6) is 0 Å². The van der Waals surface area contributed by atoms with Gasteiger partial charge in [0, 0.05) is 47.9 Å². The number of alkyl carbamates (subject to hydrolysis) is 1. The number of amides is 1. The number of rotatable bonds is 6. The molecule has 1 aliphatic heterocycles. The molecule has 10 heteroatoms. The molecule has 0 radical (unpaired) electrons. The van der Waals surface area contributed by atoms with Crippen LogP contribution in [0, 0.1) is 6.92 Å². The summed E-state index contributed by atoms with van der Waals surface area (Å²) in [5.41, 5.74) is 7.66. The van der Waals surface area contributed by atoms with Crippen molar-refractivity contribution in [2.45, 2.75) is 38.1 Å². The van der Waals surface area contributed by atoms with Crippen molar-refractivity contribution >= 4 is 17.0 Å². The van der Waals surface area contributed by atoms with Gasteiger partial charge in [-0.25, -0.2) is 9.59 Å². The van der Waals surface area contributed by atoms with E-state index in [1.54, 1.807) is 6.92 Å². The Bertz CT molecular complexity index is 1200. The summed E-state index contributed by atoms with van der Waals surface area (Å²) in [7, 11) is 0. The third kappa shape index (κ3) is 4.54. The van der Waals surface area contributed by atoms with Crippen molar-refractivity contribution in [1.29, 1.82) is 0 Å². The van der Waals surface area contributed by atoms with Crippen LogP contribution in [0.4, 0.5) is 4.79 Å². The molecular weight excluding hydrogens is 402 g/mol. The maximum absolute atomic E-state index is 12.1. The molecule has 1 amide bonds.